The number of primary amides is 1. The van der Waals surface area contributed by atoms with Crippen LogP contribution >= 0.6 is 0 Å². The van der Waals surface area contributed by atoms with Crippen LogP contribution in [-0.2, 0) is 24.0 Å². The first-order valence-electron chi connectivity index (χ1n) is 10.4. The maximum absolute atomic E-state index is 12.8. The van der Waals surface area contributed by atoms with Gasteiger partial charge in [-0.25, -0.2) is 4.79 Å². The van der Waals surface area contributed by atoms with Crippen molar-refractivity contribution < 1.29 is 29.1 Å². The van der Waals surface area contributed by atoms with Gasteiger partial charge in [0.1, 0.15) is 18.1 Å². The zero-order valence-electron chi connectivity index (χ0n) is 18.9. The van der Waals surface area contributed by atoms with E-state index >= 15 is 0 Å². The van der Waals surface area contributed by atoms with E-state index in [1.807, 2.05) is 27.7 Å². The van der Waals surface area contributed by atoms with Crippen LogP contribution in [-0.4, -0.2) is 58.9 Å². The standard InChI is InChI=1S/C20H37N5O6/c1-10(2)8-14(19(29)25-15(20(30)31)9-11(3)4)24-18(28)13(6-7-16(22)26)23-17(27)12(5)21/h10-15H,6-9,21H2,1-5H3,(H2,22,26)(H,23,27)(H,24,28)(H,25,29)(H,30,31). The molecule has 31 heavy (non-hydrogen) atoms. The Morgan fingerprint density at radius 2 is 1.16 bits per heavy atom. The van der Waals surface area contributed by atoms with Crippen molar-refractivity contribution in [1.82, 2.24) is 16.0 Å². The highest BCUT2D eigenvalue weighted by Crippen LogP contribution is 2.10. The molecule has 0 aliphatic heterocycles. The Morgan fingerprint density at radius 1 is 0.742 bits per heavy atom. The molecule has 0 aromatic rings. The second-order valence-electron chi connectivity index (χ2n) is 8.57. The van der Waals surface area contributed by atoms with Gasteiger partial charge in [-0.2, -0.15) is 0 Å². The molecular weight excluding hydrogens is 406 g/mol. The smallest absolute Gasteiger partial charge is 0.326 e. The van der Waals surface area contributed by atoms with Crippen LogP contribution in [0.25, 0.3) is 0 Å². The summed E-state index contributed by atoms with van der Waals surface area (Å²) in [5.41, 5.74) is 10.7. The van der Waals surface area contributed by atoms with E-state index in [0.717, 1.165) is 0 Å². The molecule has 4 atom stereocenters. The van der Waals surface area contributed by atoms with Gasteiger partial charge in [0.25, 0.3) is 0 Å². The molecule has 4 amide bonds. The highest BCUT2D eigenvalue weighted by Gasteiger charge is 2.30. The molecule has 0 heterocycles. The SMILES string of the molecule is CC(C)CC(NC(=O)C(CC(C)C)NC(=O)C(CCC(N)=O)NC(=O)C(C)N)C(=O)O. The summed E-state index contributed by atoms with van der Waals surface area (Å²) in [5.74, 6) is -3.70. The molecule has 0 aliphatic carbocycles. The molecular formula is C20H37N5O6. The molecule has 0 fully saturated rings. The molecule has 8 N–H and O–H groups in total. The van der Waals surface area contributed by atoms with E-state index in [-0.39, 0.29) is 37.5 Å². The summed E-state index contributed by atoms with van der Waals surface area (Å²) in [6, 6.07) is -4.13. The quantitative estimate of drug-likeness (QED) is 0.203. The Bertz CT molecular complexity index is 650. The number of hydrogen-bond donors (Lipinski definition) is 6. The maximum Gasteiger partial charge on any atom is 0.326 e. The van der Waals surface area contributed by atoms with Crippen molar-refractivity contribution in [2.75, 3.05) is 0 Å². The summed E-state index contributed by atoms with van der Waals surface area (Å²) in [5, 5.41) is 16.9. The van der Waals surface area contributed by atoms with Crippen LogP contribution in [0, 0.1) is 11.8 Å². The minimum absolute atomic E-state index is 0.00662. The Hall–Kier alpha value is -2.69. The van der Waals surface area contributed by atoms with Gasteiger partial charge < -0.3 is 32.5 Å². The van der Waals surface area contributed by atoms with Gasteiger partial charge in [-0.1, -0.05) is 27.7 Å². The zero-order chi connectivity index (χ0) is 24.3. The fourth-order valence-corrected chi connectivity index (χ4v) is 2.80. The van der Waals surface area contributed by atoms with Crippen LogP contribution in [0.3, 0.4) is 0 Å². The minimum Gasteiger partial charge on any atom is -0.480 e. The van der Waals surface area contributed by atoms with Crippen LogP contribution in [0.4, 0.5) is 0 Å². The largest absolute Gasteiger partial charge is 0.480 e. The Balaban J connectivity index is 5.47. The van der Waals surface area contributed by atoms with E-state index in [2.05, 4.69) is 16.0 Å². The first kappa shape index (κ1) is 28.3. The fraction of sp³-hybridized carbons (Fsp3) is 0.750. The van der Waals surface area contributed by atoms with E-state index in [4.69, 9.17) is 11.5 Å². The number of nitrogens with two attached hydrogens (primary N) is 2. The third kappa shape index (κ3) is 11.9. The van der Waals surface area contributed by atoms with Crippen molar-refractivity contribution >= 4 is 29.6 Å². The molecule has 0 spiro atoms. The predicted octanol–water partition coefficient (Wildman–Crippen LogP) is -0.770. The summed E-state index contributed by atoms with van der Waals surface area (Å²) in [6.45, 7) is 8.80. The van der Waals surface area contributed by atoms with Crippen LogP contribution < -0.4 is 27.4 Å². The summed E-state index contributed by atoms with van der Waals surface area (Å²) in [4.78, 5) is 60.1. The Morgan fingerprint density at radius 3 is 1.58 bits per heavy atom. The molecule has 0 aromatic heterocycles. The van der Waals surface area contributed by atoms with E-state index < -0.39 is 53.8 Å². The second-order valence-corrected chi connectivity index (χ2v) is 8.57. The average molecular weight is 444 g/mol. The topological polar surface area (TPSA) is 194 Å². The number of nitrogens with one attached hydrogen (secondary N) is 3. The highest BCUT2D eigenvalue weighted by molar-refractivity contribution is 5.94. The molecule has 0 aromatic carbocycles. The van der Waals surface area contributed by atoms with Crippen LogP contribution in [0.15, 0.2) is 0 Å². The van der Waals surface area contributed by atoms with Crippen LogP contribution in [0.2, 0.25) is 0 Å². The molecule has 0 aliphatic rings. The number of amides is 4. The Kier molecular flexibility index (Phi) is 12.4. The molecule has 11 heteroatoms. The fourth-order valence-electron chi connectivity index (χ4n) is 2.80. The van der Waals surface area contributed by atoms with Crippen molar-refractivity contribution in [1.29, 1.82) is 0 Å². The Labute approximate surface area is 183 Å². The second kappa shape index (κ2) is 13.6. The van der Waals surface area contributed by atoms with E-state index in [9.17, 15) is 29.1 Å². The minimum atomic E-state index is -1.17. The van der Waals surface area contributed by atoms with Crippen LogP contribution in [0.1, 0.15) is 60.3 Å². The van der Waals surface area contributed by atoms with Gasteiger partial charge in [0.05, 0.1) is 6.04 Å². The lowest BCUT2D eigenvalue weighted by atomic mass is 10.00. The zero-order valence-corrected chi connectivity index (χ0v) is 18.9. The summed E-state index contributed by atoms with van der Waals surface area (Å²) in [6.07, 6.45) is 0.249. The van der Waals surface area contributed by atoms with Gasteiger partial charge in [0, 0.05) is 6.42 Å². The van der Waals surface area contributed by atoms with Gasteiger partial charge in [0.2, 0.25) is 23.6 Å². The molecule has 0 bridgehead atoms. The van der Waals surface area contributed by atoms with Crippen molar-refractivity contribution in [3.8, 4) is 0 Å². The highest BCUT2D eigenvalue weighted by atomic mass is 16.4. The van der Waals surface area contributed by atoms with Crippen molar-refractivity contribution in [2.45, 2.75) is 84.5 Å². The molecule has 0 saturated carbocycles. The van der Waals surface area contributed by atoms with Gasteiger partial charge in [0.15, 0.2) is 0 Å². The lowest BCUT2D eigenvalue weighted by Gasteiger charge is -2.26. The van der Waals surface area contributed by atoms with Crippen LogP contribution in [0.5, 0.6) is 0 Å². The molecule has 178 valence electrons. The monoisotopic (exact) mass is 443 g/mol. The molecule has 0 rings (SSSR count). The third-order valence-corrected chi connectivity index (χ3v) is 4.39. The van der Waals surface area contributed by atoms with E-state index in [1.165, 1.54) is 6.92 Å². The summed E-state index contributed by atoms with van der Waals surface area (Å²) < 4.78 is 0. The van der Waals surface area contributed by atoms with Gasteiger partial charge >= 0.3 is 5.97 Å². The van der Waals surface area contributed by atoms with Gasteiger partial charge in [-0.15, -0.1) is 0 Å². The molecule has 4 unspecified atom stereocenters. The molecule has 11 nitrogen and oxygen atoms in total. The number of aliphatic carboxylic acids is 1. The van der Waals surface area contributed by atoms with Gasteiger partial charge in [-0.05, 0) is 38.0 Å². The van der Waals surface area contributed by atoms with Crippen molar-refractivity contribution in [3.05, 3.63) is 0 Å². The lowest BCUT2D eigenvalue weighted by Crippen LogP contribution is -2.57. The number of hydrogen-bond acceptors (Lipinski definition) is 6. The van der Waals surface area contributed by atoms with E-state index in [0.29, 0.717) is 0 Å². The summed E-state index contributed by atoms with van der Waals surface area (Å²) >= 11 is 0. The number of carboxylic acid groups (broad SMARTS) is 1. The first-order valence-corrected chi connectivity index (χ1v) is 10.4. The first-order chi connectivity index (χ1) is 14.2. The molecule has 0 radical (unpaired) electrons. The summed E-state index contributed by atoms with van der Waals surface area (Å²) in [7, 11) is 0. The average Bonchev–Trinajstić information content (AvgIpc) is 2.62. The number of rotatable bonds is 14. The van der Waals surface area contributed by atoms with Crippen molar-refractivity contribution in [3.63, 3.8) is 0 Å². The van der Waals surface area contributed by atoms with Crippen molar-refractivity contribution in [2.24, 2.45) is 23.3 Å². The number of carboxylic acids is 1. The number of carbonyl (C=O) groups excluding carboxylic acids is 4. The maximum atomic E-state index is 12.8. The lowest BCUT2D eigenvalue weighted by molar-refractivity contribution is -0.143. The number of carbonyl (C=O) groups is 5. The predicted molar refractivity (Wildman–Crippen MR) is 114 cm³/mol. The van der Waals surface area contributed by atoms with E-state index in [1.54, 1.807) is 0 Å². The normalized spacial score (nSPS) is 15.0. The van der Waals surface area contributed by atoms with Gasteiger partial charge in [-0.3, -0.25) is 19.2 Å². The molecule has 0 saturated heterocycles. The third-order valence-electron chi connectivity index (χ3n) is 4.39.